The maximum atomic E-state index is 6.08. The molecule has 0 aromatic heterocycles. The lowest BCUT2D eigenvalue weighted by Crippen LogP contribution is -2.50. The highest BCUT2D eigenvalue weighted by atomic mass is 16.6. The molecule has 3 heterocycles. The molecule has 2 saturated heterocycles. The van der Waals surface area contributed by atoms with Crippen molar-refractivity contribution in [2.24, 2.45) is 0 Å². The quantitative estimate of drug-likeness (QED) is 0.923. The Balaban J connectivity index is 1.36. The molecule has 2 fully saturated rings. The number of nitrogens with one attached hydrogen (secondary N) is 1. The van der Waals surface area contributed by atoms with Gasteiger partial charge in [-0.15, -0.1) is 0 Å². The van der Waals surface area contributed by atoms with Gasteiger partial charge in [0, 0.05) is 24.7 Å². The Hall–Kier alpha value is -1.26. The first-order valence-corrected chi connectivity index (χ1v) is 8.12. The van der Waals surface area contributed by atoms with Gasteiger partial charge in [0.2, 0.25) is 0 Å². The van der Waals surface area contributed by atoms with Gasteiger partial charge in [-0.1, -0.05) is 12.1 Å². The maximum absolute atomic E-state index is 6.08. The number of benzene rings is 1. The van der Waals surface area contributed by atoms with Crippen LogP contribution in [0.15, 0.2) is 24.3 Å². The summed E-state index contributed by atoms with van der Waals surface area (Å²) < 4.78 is 11.9. The van der Waals surface area contributed by atoms with Crippen molar-refractivity contribution < 1.29 is 9.47 Å². The van der Waals surface area contributed by atoms with Crippen molar-refractivity contribution in [3.05, 3.63) is 24.3 Å². The van der Waals surface area contributed by atoms with E-state index in [0.29, 0.717) is 12.6 Å². The zero-order valence-corrected chi connectivity index (χ0v) is 12.6. The fourth-order valence-electron chi connectivity index (χ4n) is 4.01. The van der Waals surface area contributed by atoms with Gasteiger partial charge in [0.25, 0.3) is 0 Å². The van der Waals surface area contributed by atoms with Crippen LogP contribution in [-0.2, 0) is 0 Å². The number of rotatable bonds is 3. The minimum atomic E-state index is 0.137. The van der Waals surface area contributed by atoms with Crippen molar-refractivity contribution in [3.8, 4) is 11.5 Å². The largest absolute Gasteiger partial charge is 0.486 e. The second kappa shape index (κ2) is 5.50. The first-order chi connectivity index (χ1) is 10.3. The van der Waals surface area contributed by atoms with Gasteiger partial charge in [0.1, 0.15) is 12.7 Å². The zero-order valence-electron chi connectivity index (χ0n) is 12.6. The lowest BCUT2D eigenvalue weighted by molar-refractivity contribution is 0.0463. The molecule has 2 bridgehead atoms. The molecular weight excluding hydrogens is 264 g/mol. The molecule has 4 heteroatoms. The van der Waals surface area contributed by atoms with Crippen LogP contribution in [-0.4, -0.2) is 49.3 Å². The van der Waals surface area contributed by atoms with E-state index in [4.69, 9.17) is 9.47 Å². The second-order valence-electron chi connectivity index (χ2n) is 6.70. The van der Waals surface area contributed by atoms with E-state index >= 15 is 0 Å². The summed E-state index contributed by atoms with van der Waals surface area (Å²) in [6.45, 7) is 1.59. The summed E-state index contributed by atoms with van der Waals surface area (Å²) in [6, 6.07) is 10.1. The van der Waals surface area contributed by atoms with Gasteiger partial charge in [-0.05, 0) is 44.9 Å². The summed E-state index contributed by atoms with van der Waals surface area (Å²) in [7, 11) is 2.24. The highest BCUT2D eigenvalue weighted by molar-refractivity contribution is 5.40. The molecule has 3 unspecified atom stereocenters. The van der Waals surface area contributed by atoms with Crippen LogP contribution in [0.5, 0.6) is 11.5 Å². The highest BCUT2D eigenvalue weighted by Gasteiger charge is 2.36. The van der Waals surface area contributed by atoms with Gasteiger partial charge in [0.05, 0.1) is 0 Å². The Morgan fingerprint density at radius 1 is 1.14 bits per heavy atom. The molecule has 0 aliphatic carbocycles. The van der Waals surface area contributed by atoms with E-state index in [-0.39, 0.29) is 6.10 Å². The van der Waals surface area contributed by atoms with Crippen molar-refractivity contribution in [2.75, 3.05) is 20.2 Å². The lowest BCUT2D eigenvalue weighted by atomic mass is 9.98. The van der Waals surface area contributed by atoms with Crippen molar-refractivity contribution in [1.29, 1.82) is 0 Å². The summed E-state index contributed by atoms with van der Waals surface area (Å²) in [5.41, 5.74) is 0. The molecule has 3 atom stereocenters. The Morgan fingerprint density at radius 3 is 2.62 bits per heavy atom. The molecular formula is C17H24N2O2. The summed E-state index contributed by atoms with van der Waals surface area (Å²) >= 11 is 0. The Kier molecular flexibility index (Phi) is 3.51. The normalized spacial score (nSPS) is 34.2. The predicted molar refractivity (Wildman–Crippen MR) is 82.0 cm³/mol. The van der Waals surface area contributed by atoms with Crippen LogP contribution in [0.1, 0.15) is 25.7 Å². The Bertz CT molecular complexity index is 495. The molecule has 21 heavy (non-hydrogen) atoms. The average molecular weight is 288 g/mol. The number of para-hydroxylation sites is 2. The standard InChI is InChI=1S/C17H24N2O2/c1-19(14-8-12-6-7-13(9-14)18-12)10-15-11-20-16-4-2-3-5-17(16)21-15/h2-5,12-15,18H,6-11H2,1H3. The van der Waals surface area contributed by atoms with E-state index < -0.39 is 0 Å². The summed E-state index contributed by atoms with van der Waals surface area (Å²) in [5, 5.41) is 3.71. The van der Waals surface area contributed by atoms with Crippen molar-refractivity contribution >= 4 is 0 Å². The van der Waals surface area contributed by atoms with Crippen LogP contribution in [0.4, 0.5) is 0 Å². The third kappa shape index (κ3) is 2.74. The van der Waals surface area contributed by atoms with Crippen LogP contribution in [0.3, 0.4) is 0 Å². The predicted octanol–water partition coefficient (Wildman–Crippen LogP) is 2.04. The van der Waals surface area contributed by atoms with E-state index in [1.165, 1.54) is 25.7 Å². The highest BCUT2D eigenvalue weighted by Crippen LogP contribution is 2.32. The average Bonchev–Trinajstić information content (AvgIpc) is 2.85. The number of hydrogen-bond acceptors (Lipinski definition) is 4. The Morgan fingerprint density at radius 2 is 1.86 bits per heavy atom. The number of piperidine rings is 1. The SMILES string of the molecule is CN(CC1COc2ccccc2O1)C1CC2CCC(C1)N2. The van der Waals surface area contributed by atoms with Gasteiger partial charge in [-0.3, -0.25) is 4.90 Å². The summed E-state index contributed by atoms with van der Waals surface area (Å²) in [4.78, 5) is 2.48. The molecule has 0 saturated carbocycles. The zero-order chi connectivity index (χ0) is 14.2. The first kappa shape index (κ1) is 13.4. The molecule has 1 aromatic rings. The van der Waals surface area contributed by atoms with Crippen LogP contribution in [0.2, 0.25) is 0 Å². The minimum absolute atomic E-state index is 0.137. The smallest absolute Gasteiger partial charge is 0.161 e. The van der Waals surface area contributed by atoms with E-state index in [2.05, 4.69) is 17.3 Å². The molecule has 3 aliphatic rings. The van der Waals surface area contributed by atoms with Crippen molar-refractivity contribution in [1.82, 2.24) is 10.2 Å². The van der Waals surface area contributed by atoms with Crippen LogP contribution in [0, 0.1) is 0 Å². The third-order valence-corrected chi connectivity index (χ3v) is 5.13. The van der Waals surface area contributed by atoms with Gasteiger partial charge in [0.15, 0.2) is 11.5 Å². The fraction of sp³-hybridized carbons (Fsp3) is 0.647. The number of nitrogens with zero attached hydrogens (tertiary/aromatic N) is 1. The van der Waals surface area contributed by atoms with Crippen molar-refractivity contribution in [3.63, 3.8) is 0 Å². The number of fused-ring (bicyclic) bond motifs is 3. The number of hydrogen-bond donors (Lipinski definition) is 1. The summed E-state index contributed by atoms with van der Waals surface area (Å²) in [5.74, 6) is 1.75. The molecule has 0 amide bonds. The van der Waals surface area contributed by atoms with Gasteiger partial charge >= 0.3 is 0 Å². The maximum Gasteiger partial charge on any atom is 0.161 e. The monoisotopic (exact) mass is 288 g/mol. The van der Waals surface area contributed by atoms with E-state index in [9.17, 15) is 0 Å². The van der Waals surface area contributed by atoms with Crippen molar-refractivity contribution in [2.45, 2.75) is 49.9 Å². The molecule has 4 nitrogen and oxygen atoms in total. The summed E-state index contributed by atoms with van der Waals surface area (Å²) in [6.07, 6.45) is 5.39. The second-order valence-corrected chi connectivity index (χ2v) is 6.70. The molecule has 3 aliphatic heterocycles. The van der Waals surface area contributed by atoms with E-state index in [1.807, 2.05) is 24.3 Å². The van der Waals surface area contributed by atoms with E-state index in [0.717, 1.165) is 30.1 Å². The molecule has 1 aromatic carbocycles. The molecule has 4 rings (SSSR count). The van der Waals surface area contributed by atoms with Gasteiger partial charge in [-0.2, -0.15) is 0 Å². The lowest BCUT2D eigenvalue weighted by Gasteiger charge is -2.38. The molecule has 0 spiro atoms. The number of likely N-dealkylation sites (N-methyl/N-ethyl adjacent to an activating group) is 1. The van der Waals surface area contributed by atoms with Gasteiger partial charge in [-0.25, -0.2) is 0 Å². The third-order valence-electron chi connectivity index (χ3n) is 5.13. The fourth-order valence-corrected chi connectivity index (χ4v) is 4.01. The van der Waals surface area contributed by atoms with Crippen LogP contribution in [0.25, 0.3) is 0 Å². The minimum Gasteiger partial charge on any atom is -0.486 e. The number of ether oxygens (including phenoxy) is 2. The van der Waals surface area contributed by atoms with Crippen LogP contribution < -0.4 is 14.8 Å². The topological polar surface area (TPSA) is 33.7 Å². The molecule has 114 valence electrons. The molecule has 1 N–H and O–H groups in total. The first-order valence-electron chi connectivity index (χ1n) is 8.12. The Labute approximate surface area is 126 Å². The van der Waals surface area contributed by atoms with Gasteiger partial charge < -0.3 is 14.8 Å². The van der Waals surface area contributed by atoms with Crippen LogP contribution >= 0.6 is 0 Å². The molecule has 0 radical (unpaired) electrons. The van der Waals surface area contributed by atoms with E-state index in [1.54, 1.807) is 0 Å².